The predicted molar refractivity (Wildman–Crippen MR) is 97.3 cm³/mol. The van der Waals surface area contributed by atoms with Gasteiger partial charge in [-0.2, -0.15) is 0 Å². The Morgan fingerprint density at radius 1 is 1.19 bits per heavy atom. The SMILES string of the molecule is O=C(OCc1cc(F)cc2c1O[C@@H](c1ccccc1)OC2)[C@@H]1CC=CCC1. The molecule has 0 saturated heterocycles. The number of hydrogen-bond acceptors (Lipinski definition) is 4. The summed E-state index contributed by atoms with van der Waals surface area (Å²) in [6.45, 7) is 0.224. The van der Waals surface area contributed by atoms with Gasteiger partial charge in [-0.25, -0.2) is 4.39 Å². The Bertz CT molecular complexity index is 847. The van der Waals surface area contributed by atoms with Crippen LogP contribution in [0.15, 0.2) is 54.6 Å². The van der Waals surface area contributed by atoms with Crippen molar-refractivity contribution in [2.75, 3.05) is 0 Å². The fourth-order valence-electron chi connectivity index (χ4n) is 3.43. The quantitative estimate of drug-likeness (QED) is 0.573. The van der Waals surface area contributed by atoms with Gasteiger partial charge in [-0.3, -0.25) is 4.79 Å². The van der Waals surface area contributed by atoms with Crippen molar-refractivity contribution in [3.8, 4) is 5.75 Å². The number of esters is 1. The summed E-state index contributed by atoms with van der Waals surface area (Å²) in [5, 5.41) is 0. The van der Waals surface area contributed by atoms with Gasteiger partial charge >= 0.3 is 5.97 Å². The zero-order chi connectivity index (χ0) is 18.6. The second-order valence-electron chi connectivity index (χ2n) is 6.81. The molecule has 2 aromatic carbocycles. The van der Waals surface area contributed by atoms with Crippen molar-refractivity contribution >= 4 is 5.97 Å². The van der Waals surface area contributed by atoms with Gasteiger partial charge in [0.1, 0.15) is 18.2 Å². The van der Waals surface area contributed by atoms with E-state index in [1.807, 2.05) is 36.4 Å². The van der Waals surface area contributed by atoms with Gasteiger partial charge in [0.05, 0.1) is 12.5 Å². The second-order valence-corrected chi connectivity index (χ2v) is 6.81. The first-order valence-corrected chi connectivity index (χ1v) is 9.17. The molecular formula is C22H21FO4. The van der Waals surface area contributed by atoms with E-state index in [4.69, 9.17) is 14.2 Å². The maximum atomic E-state index is 14.0. The van der Waals surface area contributed by atoms with Gasteiger partial charge in [0.25, 0.3) is 0 Å². The summed E-state index contributed by atoms with van der Waals surface area (Å²) in [7, 11) is 0. The van der Waals surface area contributed by atoms with E-state index < -0.39 is 12.1 Å². The molecule has 0 aromatic heterocycles. The molecule has 4 nitrogen and oxygen atoms in total. The number of ether oxygens (including phenoxy) is 3. The van der Waals surface area contributed by atoms with Gasteiger partial charge in [-0.05, 0) is 31.4 Å². The number of rotatable bonds is 4. The molecule has 2 aliphatic rings. The molecule has 0 bridgehead atoms. The van der Waals surface area contributed by atoms with E-state index in [9.17, 15) is 9.18 Å². The van der Waals surface area contributed by atoms with Crippen molar-refractivity contribution in [1.82, 2.24) is 0 Å². The minimum atomic E-state index is -0.568. The normalized spacial score (nSPS) is 21.2. The fraction of sp³-hybridized carbons (Fsp3) is 0.318. The molecule has 1 aliphatic carbocycles. The molecule has 0 N–H and O–H groups in total. The van der Waals surface area contributed by atoms with Crippen LogP contribution < -0.4 is 4.74 Å². The average molecular weight is 368 g/mol. The summed E-state index contributed by atoms with van der Waals surface area (Å²) in [5.74, 6) is -0.233. The van der Waals surface area contributed by atoms with Gasteiger partial charge in [-0.1, -0.05) is 42.5 Å². The molecule has 0 amide bonds. The highest BCUT2D eigenvalue weighted by atomic mass is 19.1. The van der Waals surface area contributed by atoms with Gasteiger partial charge in [0.15, 0.2) is 0 Å². The number of hydrogen-bond donors (Lipinski definition) is 0. The molecular weight excluding hydrogens is 347 g/mol. The fourth-order valence-corrected chi connectivity index (χ4v) is 3.43. The summed E-state index contributed by atoms with van der Waals surface area (Å²) >= 11 is 0. The zero-order valence-electron chi connectivity index (χ0n) is 14.9. The molecule has 2 atom stereocenters. The molecule has 5 heteroatoms. The topological polar surface area (TPSA) is 44.8 Å². The van der Waals surface area contributed by atoms with Crippen molar-refractivity contribution in [2.45, 2.75) is 38.8 Å². The summed E-state index contributed by atoms with van der Waals surface area (Å²) < 4.78 is 31.2. The summed E-state index contributed by atoms with van der Waals surface area (Å²) in [4.78, 5) is 12.3. The van der Waals surface area contributed by atoms with E-state index in [0.29, 0.717) is 23.3 Å². The highest BCUT2D eigenvalue weighted by Gasteiger charge is 2.26. The van der Waals surface area contributed by atoms with Crippen LogP contribution in [0.4, 0.5) is 4.39 Å². The Morgan fingerprint density at radius 3 is 2.81 bits per heavy atom. The van der Waals surface area contributed by atoms with Gasteiger partial charge < -0.3 is 14.2 Å². The van der Waals surface area contributed by atoms with Crippen LogP contribution in [0.2, 0.25) is 0 Å². The Balaban J connectivity index is 1.51. The van der Waals surface area contributed by atoms with Gasteiger partial charge in [0.2, 0.25) is 6.29 Å². The number of benzene rings is 2. The first-order valence-electron chi connectivity index (χ1n) is 9.17. The van der Waals surface area contributed by atoms with Crippen LogP contribution in [0.5, 0.6) is 5.75 Å². The third-order valence-electron chi connectivity index (χ3n) is 4.87. The highest BCUT2D eigenvalue weighted by molar-refractivity contribution is 5.73. The minimum absolute atomic E-state index is 0.0132. The molecule has 1 aliphatic heterocycles. The van der Waals surface area contributed by atoms with E-state index in [0.717, 1.165) is 18.4 Å². The first-order chi connectivity index (χ1) is 13.2. The molecule has 0 saturated carbocycles. The smallest absolute Gasteiger partial charge is 0.309 e. The van der Waals surface area contributed by atoms with E-state index in [1.165, 1.54) is 12.1 Å². The Hall–Kier alpha value is -2.66. The third-order valence-corrected chi connectivity index (χ3v) is 4.87. The molecule has 0 radical (unpaired) electrons. The Labute approximate surface area is 157 Å². The lowest BCUT2D eigenvalue weighted by atomic mass is 9.95. The van der Waals surface area contributed by atoms with Crippen LogP contribution in [0.3, 0.4) is 0 Å². The van der Waals surface area contributed by atoms with Crippen LogP contribution in [-0.4, -0.2) is 5.97 Å². The molecule has 0 unspecified atom stereocenters. The lowest BCUT2D eigenvalue weighted by Crippen LogP contribution is -2.21. The van der Waals surface area contributed by atoms with Crippen LogP contribution in [0, 0.1) is 11.7 Å². The number of carbonyl (C=O) groups excluding carboxylic acids is 1. The molecule has 27 heavy (non-hydrogen) atoms. The van der Waals surface area contributed by atoms with Crippen molar-refractivity contribution in [1.29, 1.82) is 0 Å². The highest BCUT2D eigenvalue weighted by Crippen LogP contribution is 2.37. The largest absolute Gasteiger partial charge is 0.460 e. The van der Waals surface area contributed by atoms with E-state index in [2.05, 4.69) is 6.08 Å². The lowest BCUT2D eigenvalue weighted by Gasteiger charge is -2.28. The van der Waals surface area contributed by atoms with Crippen LogP contribution in [0.25, 0.3) is 0 Å². The Morgan fingerprint density at radius 2 is 2.04 bits per heavy atom. The molecule has 4 rings (SSSR count). The van der Waals surface area contributed by atoms with Crippen molar-refractivity contribution in [2.24, 2.45) is 5.92 Å². The molecule has 2 aromatic rings. The van der Waals surface area contributed by atoms with E-state index in [1.54, 1.807) is 0 Å². The Kier molecular flexibility index (Phi) is 5.21. The van der Waals surface area contributed by atoms with Crippen molar-refractivity contribution in [3.63, 3.8) is 0 Å². The van der Waals surface area contributed by atoms with Gasteiger partial charge in [-0.15, -0.1) is 0 Å². The number of halogens is 1. The summed E-state index contributed by atoms with van der Waals surface area (Å²) in [6, 6.07) is 12.3. The summed E-state index contributed by atoms with van der Waals surface area (Å²) in [6.07, 6.45) is 5.88. The molecule has 140 valence electrons. The second kappa shape index (κ2) is 7.92. The monoisotopic (exact) mass is 368 g/mol. The molecule has 0 spiro atoms. The first kappa shape index (κ1) is 17.7. The molecule has 0 fully saturated rings. The van der Waals surface area contributed by atoms with E-state index in [-0.39, 0.29) is 25.1 Å². The number of carbonyl (C=O) groups is 1. The summed E-state index contributed by atoms with van der Waals surface area (Å²) in [5.41, 5.74) is 2.02. The zero-order valence-corrected chi connectivity index (χ0v) is 14.9. The van der Waals surface area contributed by atoms with Crippen LogP contribution in [-0.2, 0) is 27.5 Å². The van der Waals surface area contributed by atoms with E-state index >= 15 is 0 Å². The average Bonchev–Trinajstić information content (AvgIpc) is 2.72. The number of allylic oxidation sites excluding steroid dienone is 2. The lowest BCUT2D eigenvalue weighted by molar-refractivity contribution is -0.150. The molecule has 1 heterocycles. The van der Waals surface area contributed by atoms with Gasteiger partial charge in [0, 0.05) is 16.7 Å². The standard InChI is InChI=1S/C22H21FO4/c23-19-11-17(13-25-21(24)15-7-3-1-4-8-15)20-18(12-19)14-26-22(27-20)16-9-5-2-6-10-16/h1-3,5-6,9-12,15,22H,4,7-8,13-14H2/t15-,22+/m1/s1. The maximum absolute atomic E-state index is 14.0. The number of fused-ring (bicyclic) bond motifs is 1. The van der Waals surface area contributed by atoms with Crippen molar-refractivity contribution < 1.29 is 23.4 Å². The van der Waals surface area contributed by atoms with Crippen LogP contribution in [0.1, 0.15) is 42.2 Å². The minimum Gasteiger partial charge on any atom is -0.460 e. The van der Waals surface area contributed by atoms with Crippen LogP contribution >= 0.6 is 0 Å². The predicted octanol–water partition coefficient (Wildman–Crippen LogP) is 4.83. The van der Waals surface area contributed by atoms with Crippen molar-refractivity contribution in [3.05, 3.63) is 77.1 Å². The maximum Gasteiger partial charge on any atom is 0.309 e. The third kappa shape index (κ3) is 4.03.